The highest BCUT2D eigenvalue weighted by molar-refractivity contribution is 7.85. The second-order valence-electron chi connectivity index (χ2n) is 4.03. The van der Waals surface area contributed by atoms with Crippen molar-refractivity contribution in [2.45, 2.75) is 17.2 Å². The summed E-state index contributed by atoms with van der Waals surface area (Å²) in [5, 5.41) is 20.1. The molecule has 0 amide bonds. The standard InChI is InChI=1S/C14H12N2O2S/c1-11-6-2-3-7-12(11)13(10-15)19(18)14-8-4-5-9-16(14)17/h2-9,13H,1H3. The number of aryl methyl sites for hydroxylation is 1. The van der Waals surface area contributed by atoms with Gasteiger partial charge in [0, 0.05) is 12.1 Å². The van der Waals surface area contributed by atoms with Crippen LogP contribution in [0.3, 0.4) is 0 Å². The summed E-state index contributed by atoms with van der Waals surface area (Å²) in [6.45, 7) is 1.85. The number of aromatic nitrogens is 1. The smallest absolute Gasteiger partial charge is 0.283 e. The quantitative estimate of drug-likeness (QED) is 0.634. The molecule has 2 rings (SSSR count). The molecule has 0 aliphatic heterocycles. The lowest BCUT2D eigenvalue weighted by Crippen LogP contribution is -2.32. The van der Waals surface area contributed by atoms with Crippen molar-refractivity contribution in [2.24, 2.45) is 0 Å². The maximum absolute atomic E-state index is 12.4. The van der Waals surface area contributed by atoms with Crippen molar-refractivity contribution < 1.29 is 8.94 Å². The van der Waals surface area contributed by atoms with Gasteiger partial charge in [0.2, 0.25) is 0 Å². The molecule has 0 aliphatic carbocycles. The Morgan fingerprint density at radius 3 is 2.58 bits per heavy atom. The predicted octanol–water partition coefficient (Wildman–Crippen LogP) is 2.00. The van der Waals surface area contributed by atoms with Gasteiger partial charge in [-0.1, -0.05) is 24.3 Å². The molecule has 0 radical (unpaired) electrons. The van der Waals surface area contributed by atoms with Crippen LogP contribution in [0.1, 0.15) is 16.4 Å². The lowest BCUT2D eigenvalue weighted by atomic mass is 10.1. The summed E-state index contributed by atoms with van der Waals surface area (Å²) in [6.07, 6.45) is 1.28. The molecule has 2 unspecified atom stereocenters. The van der Waals surface area contributed by atoms with E-state index in [-0.39, 0.29) is 5.03 Å². The first-order chi connectivity index (χ1) is 9.15. The molecule has 0 saturated carbocycles. The van der Waals surface area contributed by atoms with Crippen molar-refractivity contribution in [1.29, 1.82) is 5.26 Å². The second kappa shape index (κ2) is 5.63. The summed E-state index contributed by atoms with van der Waals surface area (Å²) in [6, 6.07) is 14.0. The van der Waals surface area contributed by atoms with Gasteiger partial charge in [0.05, 0.1) is 6.07 Å². The molecule has 0 aliphatic rings. The van der Waals surface area contributed by atoms with E-state index in [1.807, 2.05) is 25.1 Å². The number of hydrogen-bond acceptors (Lipinski definition) is 3. The molecule has 1 aromatic carbocycles. The third-order valence-corrected chi connectivity index (χ3v) is 4.31. The maximum Gasteiger partial charge on any atom is 0.283 e. The molecule has 0 bridgehead atoms. The minimum absolute atomic E-state index is 0.0947. The third kappa shape index (κ3) is 2.64. The van der Waals surface area contributed by atoms with Crippen LogP contribution in [0.15, 0.2) is 53.7 Å². The van der Waals surface area contributed by atoms with Gasteiger partial charge in [0.15, 0.2) is 11.4 Å². The minimum atomic E-state index is -1.70. The fourth-order valence-electron chi connectivity index (χ4n) is 1.80. The van der Waals surface area contributed by atoms with Crippen LogP contribution >= 0.6 is 0 Å². The van der Waals surface area contributed by atoms with Gasteiger partial charge in [0.1, 0.15) is 10.8 Å². The van der Waals surface area contributed by atoms with Crippen molar-refractivity contribution in [3.63, 3.8) is 0 Å². The molecule has 19 heavy (non-hydrogen) atoms. The number of nitrogens with zero attached hydrogens (tertiary/aromatic N) is 2. The molecular formula is C14H12N2O2S. The van der Waals surface area contributed by atoms with Crippen molar-refractivity contribution in [3.05, 3.63) is 65.0 Å². The van der Waals surface area contributed by atoms with E-state index >= 15 is 0 Å². The minimum Gasteiger partial charge on any atom is -0.618 e. The Morgan fingerprint density at radius 2 is 1.95 bits per heavy atom. The van der Waals surface area contributed by atoms with Crippen molar-refractivity contribution in [1.82, 2.24) is 0 Å². The van der Waals surface area contributed by atoms with E-state index in [9.17, 15) is 14.7 Å². The van der Waals surface area contributed by atoms with Crippen molar-refractivity contribution in [2.75, 3.05) is 0 Å². The van der Waals surface area contributed by atoms with E-state index in [0.29, 0.717) is 10.3 Å². The summed E-state index contributed by atoms with van der Waals surface area (Å²) in [5.74, 6) is 0. The maximum atomic E-state index is 12.4. The highest BCUT2D eigenvalue weighted by Crippen LogP contribution is 2.25. The van der Waals surface area contributed by atoms with Gasteiger partial charge in [-0.25, -0.2) is 4.21 Å². The van der Waals surface area contributed by atoms with Crippen LogP contribution in [-0.4, -0.2) is 4.21 Å². The van der Waals surface area contributed by atoms with E-state index in [4.69, 9.17) is 0 Å². The highest BCUT2D eigenvalue weighted by atomic mass is 32.2. The van der Waals surface area contributed by atoms with Crippen molar-refractivity contribution in [3.8, 4) is 6.07 Å². The topological polar surface area (TPSA) is 67.8 Å². The molecule has 0 spiro atoms. The molecular weight excluding hydrogens is 260 g/mol. The number of nitriles is 1. The third-order valence-electron chi connectivity index (χ3n) is 2.80. The first-order valence-corrected chi connectivity index (χ1v) is 6.90. The number of benzene rings is 1. The van der Waals surface area contributed by atoms with Crippen LogP contribution in [0.4, 0.5) is 0 Å². The Hall–Kier alpha value is -2.19. The van der Waals surface area contributed by atoms with Gasteiger partial charge in [0.25, 0.3) is 5.03 Å². The summed E-state index contributed by atoms with van der Waals surface area (Å²) < 4.78 is 13.0. The zero-order chi connectivity index (χ0) is 13.8. The van der Waals surface area contributed by atoms with Crippen LogP contribution < -0.4 is 4.73 Å². The van der Waals surface area contributed by atoms with Crippen LogP contribution in [0, 0.1) is 23.5 Å². The van der Waals surface area contributed by atoms with Crippen LogP contribution in [0.2, 0.25) is 0 Å². The molecule has 0 N–H and O–H groups in total. The zero-order valence-corrected chi connectivity index (χ0v) is 11.1. The molecule has 2 aromatic rings. The van der Waals surface area contributed by atoms with Crippen LogP contribution in [-0.2, 0) is 10.8 Å². The number of pyridine rings is 1. The largest absolute Gasteiger partial charge is 0.618 e. The van der Waals surface area contributed by atoms with Gasteiger partial charge < -0.3 is 5.21 Å². The van der Waals surface area contributed by atoms with Crippen LogP contribution in [0.5, 0.6) is 0 Å². The van der Waals surface area contributed by atoms with Gasteiger partial charge in [-0.15, -0.1) is 0 Å². The van der Waals surface area contributed by atoms with Gasteiger partial charge in [-0.3, -0.25) is 0 Å². The van der Waals surface area contributed by atoms with E-state index in [1.54, 1.807) is 24.3 Å². The van der Waals surface area contributed by atoms with Crippen LogP contribution in [0.25, 0.3) is 0 Å². The molecule has 0 fully saturated rings. The van der Waals surface area contributed by atoms with E-state index in [0.717, 1.165) is 5.56 Å². The summed E-state index contributed by atoms with van der Waals surface area (Å²) in [7, 11) is -1.70. The Labute approximate surface area is 114 Å². The van der Waals surface area contributed by atoms with E-state index in [1.165, 1.54) is 12.3 Å². The summed E-state index contributed by atoms with van der Waals surface area (Å²) >= 11 is 0. The van der Waals surface area contributed by atoms with Crippen molar-refractivity contribution >= 4 is 10.8 Å². The Balaban J connectivity index is 2.45. The lowest BCUT2D eigenvalue weighted by molar-refractivity contribution is -0.646. The predicted molar refractivity (Wildman–Crippen MR) is 71.3 cm³/mol. The number of hydrogen-bond donors (Lipinski definition) is 0. The fourth-order valence-corrected chi connectivity index (χ4v) is 3.09. The molecule has 4 nitrogen and oxygen atoms in total. The number of rotatable bonds is 3. The molecule has 0 saturated heterocycles. The second-order valence-corrected chi connectivity index (χ2v) is 5.51. The first kappa shape index (κ1) is 13.2. The summed E-state index contributed by atoms with van der Waals surface area (Å²) in [5.41, 5.74) is 1.57. The molecule has 1 aromatic heterocycles. The molecule has 1 heterocycles. The highest BCUT2D eigenvalue weighted by Gasteiger charge is 2.26. The van der Waals surface area contributed by atoms with E-state index < -0.39 is 16.0 Å². The fraction of sp³-hybridized carbons (Fsp3) is 0.143. The normalized spacial score (nSPS) is 13.5. The monoisotopic (exact) mass is 272 g/mol. The van der Waals surface area contributed by atoms with Gasteiger partial charge >= 0.3 is 0 Å². The Kier molecular flexibility index (Phi) is 3.93. The lowest BCUT2D eigenvalue weighted by Gasteiger charge is -2.11. The van der Waals surface area contributed by atoms with Gasteiger partial charge in [-0.05, 0) is 24.1 Å². The van der Waals surface area contributed by atoms with Gasteiger partial charge in [-0.2, -0.15) is 9.99 Å². The average Bonchev–Trinajstić information content (AvgIpc) is 2.42. The molecule has 2 atom stereocenters. The van der Waals surface area contributed by atoms with E-state index in [2.05, 4.69) is 0 Å². The first-order valence-electron chi connectivity index (χ1n) is 5.69. The SMILES string of the molecule is Cc1ccccc1C(C#N)S(=O)c1cccc[n+]1[O-]. The zero-order valence-electron chi connectivity index (χ0n) is 10.3. The molecule has 96 valence electrons. The molecule has 5 heteroatoms. The average molecular weight is 272 g/mol. The summed E-state index contributed by atoms with van der Waals surface area (Å²) in [4.78, 5) is 0. The Morgan fingerprint density at radius 1 is 1.26 bits per heavy atom. The Bertz CT molecular complexity index is 664.